The van der Waals surface area contributed by atoms with E-state index >= 15 is 0 Å². The van der Waals surface area contributed by atoms with Gasteiger partial charge in [-0.25, -0.2) is 0 Å². The van der Waals surface area contributed by atoms with Gasteiger partial charge in [0.2, 0.25) is 5.91 Å². The zero-order valence-electron chi connectivity index (χ0n) is 22.8. The first-order chi connectivity index (χ1) is 18.7. The number of nitrogens with one attached hydrogen (secondary N) is 2. The van der Waals surface area contributed by atoms with Gasteiger partial charge in [-0.2, -0.15) is 0 Å². The number of epoxide rings is 1. The van der Waals surface area contributed by atoms with Crippen molar-refractivity contribution < 1.29 is 34.1 Å². The van der Waals surface area contributed by atoms with Crippen molar-refractivity contribution in [2.45, 2.75) is 70.0 Å². The molecule has 39 heavy (non-hydrogen) atoms. The number of allylic oxidation sites excluding steroid dienone is 3. The molecule has 2 bridgehead atoms. The minimum absolute atomic E-state index is 0.0959. The maximum Gasteiger partial charge on any atom is 0.259 e. The molecule has 5 fully saturated rings. The minimum Gasteiger partial charge on any atom is -0.507 e. The molecule has 2 saturated heterocycles. The Balaban J connectivity index is 1.32. The highest BCUT2D eigenvalue weighted by molar-refractivity contribution is 6.27. The number of Topliss-reactive ketones (excluding diaryl/α,β-unsaturated/α-hetero) is 1. The van der Waals surface area contributed by atoms with Gasteiger partial charge in [-0.05, 0) is 92.1 Å². The first-order valence-electron chi connectivity index (χ1n) is 14.5. The number of hydrogen-bond donors (Lipinski definition) is 4. The Labute approximate surface area is 229 Å². The van der Waals surface area contributed by atoms with Crippen LogP contribution in [0, 0.1) is 47.3 Å². The molecule has 3 aliphatic heterocycles. The van der Waals surface area contributed by atoms with Crippen LogP contribution in [0.1, 0.15) is 39.5 Å². The van der Waals surface area contributed by atoms with Crippen LogP contribution in [0.4, 0.5) is 0 Å². The molecule has 13 atom stereocenters. The monoisotopic (exact) mass is 540 g/mol. The maximum absolute atomic E-state index is 12.9. The fourth-order valence-electron chi connectivity index (χ4n) is 9.03. The van der Waals surface area contributed by atoms with Crippen molar-refractivity contribution in [3.8, 4) is 0 Å². The molecule has 0 aromatic carbocycles. The number of aliphatic hydroxyl groups excluding tert-OH is 2. The molecule has 3 heterocycles. The van der Waals surface area contributed by atoms with Gasteiger partial charge in [-0.15, -0.1) is 0 Å². The van der Waals surface area contributed by atoms with Crippen LogP contribution in [0.15, 0.2) is 35.6 Å². The third-order valence-corrected chi connectivity index (χ3v) is 10.7. The summed E-state index contributed by atoms with van der Waals surface area (Å²) < 4.78 is 12.2. The van der Waals surface area contributed by atoms with E-state index in [2.05, 4.69) is 24.5 Å². The standard InChI is InChI=1S/C30H40N2O7/c1-13-11-17-18-12-15-7-8-19(33)25-27(36)26(32-30(25)37)20(34)9-10-31-21(35)6-4-5-16(15)23(18)28-29(39-28)24(17)22(13)14(2)38-3/h4,6-8,13-18,20,22-24,26,28-29,33-34H,5,9-12H2,1-3H3,(H,31,35)(H,32,37). The van der Waals surface area contributed by atoms with Crippen LogP contribution in [0.5, 0.6) is 0 Å². The minimum atomic E-state index is -1.17. The lowest BCUT2D eigenvalue weighted by molar-refractivity contribution is -0.118. The lowest BCUT2D eigenvalue weighted by Crippen LogP contribution is -2.42. The SMILES string of the molecule is COC(C)C1C(C)CC2C3CC4C=CC(O)=C5C(=O)NC(C5=O)C(O)CCNC(=O)C=CCC4C3C3OC3C21. The summed E-state index contributed by atoms with van der Waals surface area (Å²) in [6.45, 7) is 4.66. The molecule has 0 spiro atoms. The van der Waals surface area contributed by atoms with E-state index in [9.17, 15) is 24.6 Å². The van der Waals surface area contributed by atoms with E-state index in [1.807, 2.05) is 12.2 Å². The van der Waals surface area contributed by atoms with Crippen LogP contribution in [0.25, 0.3) is 0 Å². The van der Waals surface area contributed by atoms with E-state index in [1.54, 1.807) is 13.2 Å². The van der Waals surface area contributed by atoms with Crippen LogP contribution in [0.2, 0.25) is 0 Å². The number of hydrogen-bond acceptors (Lipinski definition) is 7. The van der Waals surface area contributed by atoms with Crippen molar-refractivity contribution in [3.63, 3.8) is 0 Å². The van der Waals surface area contributed by atoms with E-state index < -0.39 is 23.8 Å². The second kappa shape index (κ2) is 10.2. The van der Waals surface area contributed by atoms with Crippen LogP contribution < -0.4 is 10.6 Å². The molecule has 9 heteroatoms. The molecule has 3 saturated carbocycles. The zero-order valence-corrected chi connectivity index (χ0v) is 22.8. The average Bonchev–Trinajstić information content (AvgIpc) is 3.35. The molecule has 212 valence electrons. The van der Waals surface area contributed by atoms with Crippen LogP contribution in [-0.2, 0) is 23.9 Å². The molecule has 4 N–H and O–H groups in total. The van der Waals surface area contributed by atoms with Gasteiger partial charge in [0.15, 0.2) is 5.78 Å². The first kappa shape index (κ1) is 26.7. The molecule has 0 aromatic heterocycles. The smallest absolute Gasteiger partial charge is 0.259 e. The normalized spacial score (nSPS) is 46.2. The molecule has 3 aliphatic carbocycles. The number of methoxy groups -OCH3 is 1. The summed E-state index contributed by atoms with van der Waals surface area (Å²) in [6, 6.07) is -1.14. The second-order valence-electron chi connectivity index (χ2n) is 12.6. The van der Waals surface area contributed by atoms with Crippen LogP contribution in [-0.4, -0.2) is 71.9 Å². The Morgan fingerprint density at radius 1 is 1.08 bits per heavy atom. The van der Waals surface area contributed by atoms with E-state index in [4.69, 9.17) is 9.47 Å². The Kier molecular flexibility index (Phi) is 6.96. The number of ketones is 1. The highest BCUT2D eigenvalue weighted by atomic mass is 16.6. The summed E-state index contributed by atoms with van der Waals surface area (Å²) in [5.74, 6) is 1.24. The highest BCUT2D eigenvalue weighted by Crippen LogP contribution is 2.66. The summed E-state index contributed by atoms with van der Waals surface area (Å²) in [4.78, 5) is 37.9. The Morgan fingerprint density at radius 2 is 1.82 bits per heavy atom. The molecular formula is C30H40N2O7. The summed E-state index contributed by atoms with van der Waals surface area (Å²) in [7, 11) is 1.79. The number of rotatable bonds is 2. The first-order valence-corrected chi connectivity index (χ1v) is 14.5. The molecule has 13 unspecified atom stereocenters. The summed E-state index contributed by atoms with van der Waals surface area (Å²) >= 11 is 0. The zero-order chi connectivity index (χ0) is 27.6. The highest BCUT2D eigenvalue weighted by Gasteiger charge is 2.68. The summed E-state index contributed by atoms with van der Waals surface area (Å²) in [6.07, 6.45) is 9.23. The fourth-order valence-corrected chi connectivity index (χ4v) is 9.03. The van der Waals surface area contributed by atoms with Crippen molar-refractivity contribution in [3.05, 3.63) is 35.6 Å². The van der Waals surface area contributed by atoms with Crippen molar-refractivity contribution in [2.24, 2.45) is 47.3 Å². The van der Waals surface area contributed by atoms with Gasteiger partial charge in [0.1, 0.15) is 17.4 Å². The molecule has 0 aromatic rings. The lowest BCUT2D eigenvalue weighted by Gasteiger charge is -2.38. The van der Waals surface area contributed by atoms with E-state index in [0.717, 1.165) is 12.8 Å². The second-order valence-corrected chi connectivity index (χ2v) is 12.6. The number of aliphatic hydroxyl groups is 2. The van der Waals surface area contributed by atoms with Gasteiger partial charge in [-0.1, -0.05) is 19.1 Å². The summed E-state index contributed by atoms with van der Waals surface area (Å²) in [5, 5.41) is 26.5. The van der Waals surface area contributed by atoms with Gasteiger partial charge < -0.3 is 30.3 Å². The van der Waals surface area contributed by atoms with Crippen LogP contribution >= 0.6 is 0 Å². The Bertz CT molecular complexity index is 1130. The third-order valence-electron chi connectivity index (χ3n) is 10.7. The molecule has 9 nitrogen and oxygen atoms in total. The number of fused-ring (bicyclic) bond motifs is 10. The largest absolute Gasteiger partial charge is 0.507 e. The van der Waals surface area contributed by atoms with Crippen molar-refractivity contribution >= 4 is 17.6 Å². The van der Waals surface area contributed by atoms with Crippen molar-refractivity contribution in [1.29, 1.82) is 0 Å². The maximum atomic E-state index is 12.9. The number of amides is 2. The quantitative estimate of drug-likeness (QED) is 0.310. The van der Waals surface area contributed by atoms with Gasteiger partial charge >= 0.3 is 0 Å². The predicted octanol–water partition coefficient (Wildman–Crippen LogP) is 1.82. The topological polar surface area (TPSA) is 137 Å². The lowest BCUT2D eigenvalue weighted by atomic mass is 9.65. The number of ether oxygens (including phenoxy) is 2. The Hall–Kier alpha value is -2.49. The van der Waals surface area contributed by atoms with Gasteiger partial charge in [-0.3, -0.25) is 14.4 Å². The number of carbonyl (C=O) groups is 3. The van der Waals surface area contributed by atoms with Gasteiger partial charge in [0.25, 0.3) is 5.91 Å². The van der Waals surface area contributed by atoms with Gasteiger partial charge in [0.05, 0.1) is 24.4 Å². The molecular weight excluding hydrogens is 500 g/mol. The van der Waals surface area contributed by atoms with Crippen molar-refractivity contribution in [1.82, 2.24) is 10.6 Å². The predicted molar refractivity (Wildman–Crippen MR) is 141 cm³/mol. The summed E-state index contributed by atoms with van der Waals surface area (Å²) in [5.41, 5.74) is -0.315. The Morgan fingerprint density at radius 3 is 2.59 bits per heavy atom. The van der Waals surface area contributed by atoms with E-state index in [0.29, 0.717) is 41.9 Å². The molecule has 6 rings (SSSR count). The molecule has 2 amide bonds. The molecule has 6 aliphatic rings. The van der Waals surface area contributed by atoms with E-state index in [1.165, 1.54) is 6.08 Å². The average molecular weight is 541 g/mol. The molecule has 0 radical (unpaired) electrons. The van der Waals surface area contributed by atoms with Crippen LogP contribution in [0.3, 0.4) is 0 Å². The third kappa shape index (κ3) is 4.46. The number of carbonyl (C=O) groups excluding carboxylic acids is 3. The van der Waals surface area contributed by atoms with Gasteiger partial charge in [0, 0.05) is 13.7 Å². The fraction of sp³-hybridized carbons (Fsp3) is 0.700. The van der Waals surface area contributed by atoms with E-state index in [-0.39, 0.29) is 60.4 Å². The van der Waals surface area contributed by atoms with Crippen molar-refractivity contribution in [2.75, 3.05) is 13.7 Å².